The molecule has 0 bridgehead atoms. The summed E-state index contributed by atoms with van der Waals surface area (Å²) in [6.07, 6.45) is 4.14. The average molecular weight is 1070 g/mol. The van der Waals surface area contributed by atoms with Gasteiger partial charge in [0.1, 0.15) is 41.1 Å². The minimum Gasteiger partial charge on any atom is -0.496 e. The van der Waals surface area contributed by atoms with E-state index in [1.807, 2.05) is 0 Å². The maximum atomic E-state index is 14.1. The highest BCUT2D eigenvalue weighted by molar-refractivity contribution is 6.07. The predicted molar refractivity (Wildman–Crippen MR) is 291 cm³/mol. The number of nitrogens with one attached hydrogen (secondary N) is 7. The summed E-state index contributed by atoms with van der Waals surface area (Å²) in [5, 5.41) is 19.0. The fraction of sp³-hybridized carbons (Fsp3) is 0.396. The number of ether oxygens (including phenoxy) is 4. The minimum absolute atomic E-state index is 0.0306. The Morgan fingerprint density at radius 3 is 1.09 bits per heavy atom. The van der Waals surface area contributed by atoms with Crippen LogP contribution < -0.4 is 84.8 Å². The number of carbonyl (C=O) groups excluding carboxylic acids is 8. The van der Waals surface area contributed by atoms with Crippen molar-refractivity contribution in [2.75, 3.05) is 69.3 Å². The topological polar surface area (TPSA) is 388 Å². The van der Waals surface area contributed by atoms with Gasteiger partial charge in [0.05, 0.1) is 56.7 Å². The van der Waals surface area contributed by atoms with Crippen LogP contribution in [-0.2, 0) is 19.2 Å². The third kappa shape index (κ3) is 18.2. The van der Waals surface area contributed by atoms with Crippen LogP contribution in [0.4, 0.5) is 22.7 Å². The van der Waals surface area contributed by atoms with E-state index in [-0.39, 0.29) is 80.8 Å². The van der Waals surface area contributed by atoms with Crippen molar-refractivity contribution in [3.05, 3.63) is 95.1 Å². The Hall–Kier alpha value is -8.32. The second-order valence-corrected chi connectivity index (χ2v) is 17.7. The fourth-order valence-electron chi connectivity index (χ4n) is 7.79. The lowest BCUT2D eigenvalue weighted by Gasteiger charge is -2.21. The van der Waals surface area contributed by atoms with Crippen LogP contribution in [0.15, 0.2) is 72.8 Å². The summed E-state index contributed by atoms with van der Waals surface area (Å²) >= 11 is 0. The number of primary amides is 1. The molecule has 4 rings (SSSR count). The van der Waals surface area contributed by atoms with Crippen LogP contribution >= 0.6 is 0 Å². The van der Waals surface area contributed by atoms with E-state index in [9.17, 15) is 38.4 Å². The summed E-state index contributed by atoms with van der Waals surface area (Å²) in [7, 11) is 5.43. The zero-order valence-electron chi connectivity index (χ0n) is 44.0. The van der Waals surface area contributed by atoms with Gasteiger partial charge in [-0.2, -0.15) is 0 Å². The van der Waals surface area contributed by atoms with Crippen LogP contribution in [0.5, 0.6) is 23.0 Å². The second-order valence-electron chi connectivity index (χ2n) is 17.7. The summed E-state index contributed by atoms with van der Waals surface area (Å²) in [6.45, 7) is 2.59. The molecule has 0 radical (unpaired) electrons. The Kier molecular flexibility index (Phi) is 24.6. The van der Waals surface area contributed by atoms with E-state index in [0.29, 0.717) is 58.2 Å². The van der Waals surface area contributed by atoms with Gasteiger partial charge in [0.25, 0.3) is 23.6 Å². The first-order valence-electron chi connectivity index (χ1n) is 25.0. The van der Waals surface area contributed by atoms with Crippen LogP contribution in [0.1, 0.15) is 106 Å². The molecule has 4 unspecified atom stereocenters. The van der Waals surface area contributed by atoms with E-state index in [1.54, 1.807) is 6.07 Å². The van der Waals surface area contributed by atoms with E-state index >= 15 is 0 Å². The summed E-state index contributed by atoms with van der Waals surface area (Å²) in [5.41, 5.74) is 29.4. The van der Waals surface area contributed by atoms with Crippen molar-refractivity contribution in [1.82, 2.24) is 16.0 Å². The van der Waals surface area contributed by atoms with Gasteiger partial charge in [-0.1, -0.05) is 6.42 Å². The lowest BCUT2D eigenvalue weighted by atomic mass is 10.1. The summed E-state index contributed by atoms with van der Waals surface area (Å²) < 4.78 is 21.5. The van der Waals surface area contributed by atoms with Gasteiger partial charge in [0.2, 0.25) is 23.6 Å². The number of carbonyl (C=O) groups is 8. The molecule has 24 heteroatoms. The molecule has 4 aromatic rings. The molecule has 24 nitrogen and oxygen atoms in total. The van der Waals surface area contributed by atoms with Crippen molar-refractivity contribution in [2.24, 2.45) is 28.7 Å². The third-order valence-electron chi connectivity index (χ3n) is 12.1. The molecule has 17 N–H and O–H groups in total. The largest absolute Gasteiger partial charge is 0.496 e. The van der Waals surface area contributed by atoms with E-state index in [2.05, 4.69) is 37.2 Å². The standard InChI is InChI=1S/C53H72N12O12/c1-30(59-48(68)36-28-33(17-21-43(36)75-3)61-51(71)39(57)12-6-9-23-54)47(67)60-32-16-20-44(76-4)37(27-32)49(69)65-41(14-8-11-25-56)53(73)63-34-18-22-45(77-5)38(29-34)50(70)64-40(13-7-10-24-55)52(72)62-31-15-19-42(74-2)35(26-31)46(58)66/h15-22,26-30,39-41H,6-14,23-25,54-57H2,1-5H3,(H2,58,66)(H,59,68)(H,60,67)(H,61,71)(H,62,72)(H,63,73)(H,64,70)(H,65,69). The predicted octanol–water partition coefficient (Wildman–Crippen LogP) is 2.70. The van der Waals surface area contributed by atoms with Gasteiger partial charge < -0.3 is 84.8 Å². The molecular formula is C53H72N12O12. The van der Waals surface area contributed by atoms with Crippen molar-refractivity contribution in [1.29, 1.82) is 0 Å². The van der Waals surface area contributed by atoms with Crippen molar-refractivity contribution in [3.8, 4) is 23.0 Å². The first-order valence-corrected chi connectivity index (χ1v) is 25.0. The Morgan fingerprint density at radius 2 is 0.740 bits per heavy atom. The normalized spacial score (nSPS) is 12.3. The van der Waals surface area contributed by atoms with Crippen molar-refractivity contribution in [2.45, 2.75) is 88.9 Å². The van der Waals surface area contributed by atoms with Gasteiger partial charge in [0.15, 0.2) is 0 Å². The molecule has 8 amide bonds. The third-order valence-corrected chi connectivity index (χ3v) is 12.1. The SMILES string of the molecule is COc1ccc(NC(=O)C(CCCCN)NC(=O)c2cc(NC(=O)C(CCCCN)NC(=O)c3cc(NC(=O)C(C)NC(=O)c4cc(NC(=O)C(N)CCCCN)ccc4OC)ccc3OC)ccc2OC)cc1C(N)=O. The maximum Gasteiger partial charge on any atom is 0.255 e. The molecular weight excluding hydrogens is 997 g/mol. The molecule has 0 saturated carbocycles. The number of methoxy groups -OCH3 is 4. The van der Waals surface area contributed by atoms with Gasteiger partial charge in [0, 0.05) is 22.7 Å². The number of nitrogens with two attached hydrogens (primary N) is 5. The maximum absolute atomic E-state index is 14.1. The van der Waals surface area contributed by atoms with Crippen LogP contribution in [-0.4, -0.2) is 119 Å². The average Bonchev–Trinajstić information content (AvgIpc) is 3.42. The highest BCUT2D eigenvalue weighted by Crippen LogP contribution is 2.28. The van der Waals surface area contributed by atoms with Gasteiger partial charge in [-0.05, 0) is 151 Å². The smallest absolute Gasteiger partial charge is 0.255 e. The molecule has 0 aliphatic heterocycles. The van der Waals surface area contributed by atoms with Gasteiger partial charge >= 0.3 is 0 Å². The molecule has 0 saturated heterocycles. The van der Waals surface area contributed by atoms with E-state index in [1.165, 1.54) is 102 Å². The number of unbranched alkanes of at least 4 members (excludes halogenated alkanes) is 3. The van der Waals surface area contributed by atoms with Crippen molar-refractivity contribution in [3.63, 3.8) is 0 Å². The van der Waals surface area contributed by atoms with E-state index in [4.69, 9.17) is 47.6 Å². The molecule has 0 aromatic heterocycles. The molecule has 0 heterocycles. The molecule has 0 spiro atoms. The van der Waals surface area contributed by atoms with Crippen molar-refractivity contribution < 1.29 is 57.3 Å². The molecule has 4 atom stereocenters. The number of anilines is 4. The summed E-state index contributed by atoms with van der Waals surface area (Å²) in [4.78, 5) is 108. The Bertz CT molecular complexity index is 2720. The summed E-state index contributed by atoms with van der Waals surface area (Å²) in [6, 6.07) is 13.2. The highest BCUT2D eigenvalue weighted by atomic mass is 16.5. The number of hydrogen-bond donors (Lipinski definition) is 12. The first kappa shape index (κ1) is 61.2. The number of rotatable bonds is 31. The lowest BCUT2D eigenvalue weighted by Crippen LogP contribution is -2.44. The Morgan fingerprint density at radius 1 is 0.429 bits per heavy atom. The Labute approximate surface area is 446 Å². The zero-order chi connectivity index (χ0) is 56.6. The van der Waals surface area contributed by atoms with E-state index in [0.717, 1.165) is 6.42 Å². The lowest BCUT2D eigenvalue weighted by molar-refractivity contribution is -0.118. The van der Waals surface area contributed by atoms with Crippen LogP contribution in [0.3, 0.4) is 0 Å². The van der Waals surface area contributed by atoms with Gasteiger partial charge in [-0.3, -0.25) is 38.4 Å². The minimum atomic E-state index is -1.16. The van der Waals surface area contributed by atoms with E-state index < -0.39 is 71.4 Å². The Balaban J connectivity index is 1.50. The number of hydrogen-bond acceptors (Lipinski definition) is 16. The fourth-order valence-corrected chi connectivity index (χ4v) is 7.79. The molecule has 4 aromatic carbocycles. The molecule has 0 aliphatic carbocycles. The highest BCUT2D eigenvalue weighted by Gasteiger charge is 2.28. The number of benzene rings is 4. The van der Waals surface area contributed by atoms with Gasteiger partial charge in [-0.25, -0.2) is 0 Å². The van der Waals surface area contributed by atoms with Crippen LogP contribution in [0.25, 0.3) is 0 Å². The molecule has 0 fully saturated rings. The molecule has 77 heavy (non-hydrogen) atoms. The van der Waals surface area contributed by atoms with Crippen LogP contribution in [0, 0.1) is 0 Å². The number of amides is 8. The summed E-state index contributed by atoms with van der Waals surface area (Å²) in [5.74, 6) is -4.66. The quantitative estimate of drug-likeness (QED) is 0.0322. The first-order chi connectivity index (χ1) is 36.9. The monoisotopic (exact) mass is 1070 g/mol. The van der Waals surface area contributed by atoms with Crippen LogP contribution in [0.2, 0.25) is 0 Å². The second kappa shape index (κ2) is 30.9. The zero-order valence-corrected chi connectivity index (χ0v) is 44.0. The van der Waals surface area contributed by atoms with Crippen molar-refractivity contribution >= 4 is 70.0 Å². The molecule has 416 valence electrons. The molecule has 0 aliphatic rings. The van der Waals surface area contributed by atoms with Gasteiger partial charge in [-0.15, -0.1) is 0 Å².